The normalized spacial score (nSPS) is 23.6. The van der Waals surface area contributed by atoms with E-state index < -0.39 is 5.97 Å². The van der Waals surface area contributed by atoms with Crippen molar-refractivity contribution >= 4 is 39.3 Å². The predicted molar refractivity (Wildman–Crippen MR) is 75.6 cm³/mol. The van der Waals surface area contributed by atoms with Gasteiger partial charge in [0.15, 0.2) is 0 Å². The Balaban J connectivity index is 2.08. The van der Waals surface area contributed by atoms with Crippen molar-refractivity contribution < 1.29 is 9.90 Å². The van der Waals surface area contributed by atoms with E-state index in [1.165, 1.54) is 12.2 Å². The van der Waals surface area contributed by atoms with Crippen molar-refractivity contribution in [3.05, 3.63) is 28.8 Å². The molecule has 1 aromatic heterocycles. The van der Waals surface area contributed by atoms with E-state index in [0.29, 0.717) is 5.56 Å². The number of rotatable bonds is 2. The molecule has 0 spiro atoms. The molecule has 1 aliphatic rings. The van der Waals surface area contributed by atoms with Gasteiger partial charge in [-0.25, -0.2) is 9.78 Å². The van der Waals surface area contributed by atoms with Crippen molar-refractivity contribution in [2.24, 2.45) is 0 Å². The van der Waals surface area contributed by atoms with Crippen LogP contribution >= 0.6 is 23.1 Å². The lowest BCUT2D eigenvalue weighted by molar-refractivity contribution is 0.0697. The number of hydrogen-bond acceptors (Lipinski definition) is 4. The molecule has 1 aromatic carbocycles. The van der Waals surface area contributed by atoms with E-state index in [1.54, 1.807) is 23.5 Å². The summed E-state index contributed by atoms with van der Waals surface area (Å²) >= 11 is 3.58. The average molecular weight is 279 g/mol. The summed E-state index contributed by atoms with van der Waals surface area (Å²) in [5.74, 6) is 0.306. The number of carboxylic acids is 1. The minimum Gasteiger partial charge on any atom is -0.478 e. The second kappa shape index (κ2) is 4.24. The van der Waals surface area contributed by atoms with Gasteiger partial charge in [-0.15, -0.1) is 23.1 Å². The van der Waals surface area contributed by atoms with Crippen LogP contribution in [0.5, 0.6) is 0 Å². The third-order valence-electron chi connectivity index (χ3n) is 3.31. The Bertz CT molecular complexity index is 614. The van der Waals surface area contributed by atoms with Crippen molar-refractivity contribution in [2.45, 2.75) is 24.5 Å². The van der Waals surface area contributed by atoms with Crippen LogP contribution in [0.3, 0.4) is 0 Å². The van der Waals surface area contributed by atoms with Gasteiger partial charge in [0.2, 0.25) is 0 Å². The minimum atomic E-state index is -0.881. The number of hydrogen-bond donors (Lipinski definition) is 1. The average Bonchev–Trinajstić information content (AvgIpc) is 2.94. The molecule has 2 heterocycles. The number of thioether (sulfide) groups is 1. The molecule has 0 amide bonds. The molecule has 1 N–H and O–H groups in total. The fraction of sp³-hybridized carbons (Fsp3) is 0.385. The molecule has 18 heavy (non-hydrogen) atoms. The summed E-state index contributed by atoms with van der Waals surface area (Å²) < 4.78 is 1.09. The summed E-state index contributed by atoms with van der Waals surface area (Å²) in [6, 6.07) is 5.15. The maximum Gasteiger partial charge on any atom is 0.335 e. The maximum absolute atomic E-state index is 11.0. The molecule has 2 aromatic rings. The van der Waals surface area contributed by atoms with Gasteiger partial charge in [-0.05, 0) is 43.7 Å². The standard InChI is InChI=1S/C13H13NO2S2/c1-13(5-2-6-17-13)12-14-9-4-3-8(11(15)16)7-10(9)18-12/h3-4,7H,2,5-6H2,1H3,(H,15,16). The fourth-order valence-electron chi connectivity index (χ4n) is 2.23. The van der Waals surface area contributed by atoms with Crippen LogP contribution in [0.15, 0.2) is 18.2 Å². The summed E-state index contributed by atoms with van der Waals surface area (Å²) in [5.41, 5.74) is 1.25. The molecular weight excluding hydrogens is 266 g/mol. The molecule has 1 aliphatic heterocycles. The van der Waals surface area contributed by atoms with Crippen LogP contribution < -0.4 is 0 Å². The summed E-state index contributed by atoms with van der Waals surface area (Å²) in [5, 5.41) is 10.1. The lowest BCUT2D eigenvalue weighted by Crippen LogP contribution is -2.11. The van der Waals surface area contributed by atoms with Crippen LogP contribution in [0.25, 0.3) is 10.2 Å². The molecule has 3 rings (SSSR count). The smallest absolute Gasteiger partial charge is 0.335 e. The van der Waals surface area contributed by atoms with Crippen molar-refractivity contribution in [1.82, 2.24) is 4.98 Å². The van der Waals surface area contributed by atoms with Gasteiger partial charge in [-0.3, -0.25) is 0 Å². The summed E-state index contributed by atoms with van der Waals surface area (Å²) in [7, 11) is 0. The van der Waals surface area contributed by atoms with E-state index in [2.05, 4.69) is 11.9 Å². The van der Waals surface area contributed by atoms with Crippen LogP contribution in [-0.4, -0.2) is 21.8 Å². The first-order valence-corrected chi connectivity index (χ1v) is 7.67. The Morgan fingerprint density at radius 2 is 2.33 bits per heavy atom. The molecule has 0 saturated carbocycles. The number of thiazole rings is 1. The summed E-state index contributed by atoms with van der Waals surface area (Å²) in [6.07, 6.45) is 2.39. The largest absolute Gasteiger partial charge is 0.478 e. The van der Waals surface area contributed by atoms with Gasteiger partial charge < -0.3 is 5.11 Å². The van der Waals surface area contributed by atoms with Crippen LogP contribution in [0.2, 0.25) is 0 Å². The zero-order chi connectivity index (χ0) is 12.8. The first-order chi connectivity index (χ1) is 8.58. The molecule has 1 unspecified atom stereocenters. The van der Waals surface area contributed by atoms with Gasteiger partial charge in [-0.1, -0.05) is 0 Å². The molecule has 94 valence electrons. The Hall–Kier alpha value is -1.07. The molecule has 1 atom stereocenters. The second-order valence-corrected chi connectivity index (χ2v) is 7.32. The van der Waals surface area contributed by atoms with Gasteiger partial charge in [0.05, 0.1) is 20.5 Å². The molecule has 0 radical (unpaired) electrons. The third-order valence-corrected chi connectivity index (χ3v) is 6.25. The summed E-state index contributed by atoms with van der Waals surface area (Å²) in [6.45, 7) is 2.24. The van der Waals surface area contributed by atoms with E-state index >= 15 is 0 Å². The topological polar surface area (TPSA) is 50.2 Å². The van der Waals surface area contributed by atoms with Crippen molar-refractivity contribution in [3.8, 4) is 0 Å². The molecular formula is C13H13NO2S2. The van der Waals surface area contributed by atoms with Gasteiger partial charge in [0.25, 0.3) is 0 Å². The van der Waals surface area contributed by atoms with Crippen LogP contribution in [0.4, 0.5) is 0 Å². The van der Waals surface area contributed by atoms with E-state index in [0.717, 1.165) is 21.6 Å². The number of carboxylic acid groups (broad SMARTS) is 1. The maximum atomic E-state index is 11.0. The highest BCUT2D eigenvalue weighted by atomic mass is 32.2. The quantitative estimate of drug-likeness (QED) is 0.910. The zero-order valence-corrected chi connectivity index (χ0v) is 11.6. The Labute approximate surface area is 113 Å². The molecule has 5 heteroatoms. The van der Waals surface area contributed by atoms with Gasteiger partial charge >= 0.3 is 5.97 Å². The SMILES string of the molecule is CC1(c2nc3ccc(C(=O)O)cc3s2)CCCS1. The van der Waals surface area contributed by atoms with Gasteiger partial charge in [0, 0.05) is 0 Å². The van der Waals surface area contributed by atoms with Crippen LogP contribution in [0.1, 0.15) is 35.1 Å². The Morgan fingerprint density at radius 1 is 1.50 bits per heavy atom. The lowest BCUT2D eigenvalue weighted by atomic mass is 10.1. The number of aromatic carboxylic acids is 1. The van der Waals surface area contributed by atoms with Crippen molar-refractivity contribution in [3.63, 3.8) is 0 Å². The fourth-order valence-corrected chi connectivity index (χ4v) is 4.80. The highest BCUT2D eigenvalue weighted by molar-refractivity contribution is 8.00. The Morgan fingerprint density at radius 3 is 3.00 bits per heavy atom. The lowest BCUT2D eigenvalue weighted by Gasteiger charge is -2.18. The number of nitrogens with zero attached hydrogens (tertiary/aromatic N) is 1. The monoisotopic (exact) mass is 279 g/mol. The predicted octanol–water partition coefficient (Wildman–Crippen LogP) is 3.74. The summed E-state index contributed by atoms with van der Waals surface area (Å²) in [4.78, 5) is 15.6. The number of carbonyl (C=O) groups is 1. The first kappa shape index (κ1) is 12.0. The highest BCUT2D eigenvalue weighted by Crippen LogP contribution is 2.48. The zero-order valence-electron chi connectivity index (χ0n) is 9.97. The number of fused-ring (bicyclic) bond motifs is 1. The molecule has 0 bridgehead atoms. The second-order valence-electron chi connectivity index (χ2n) is 4.69. The van der Waals surface area contributed by atoms with Crippen molar-refractivity contribution in [1.29, 1.82) is 0 Å². The molecule has 0 aliphatic carbocycles. The van der Waals surface area contributed by atoms with E-state index in [1.807, 2.05) is 17.8 Å². The third kappa shape index (κ3) is 1.91. The molecule has 3 nitrogen and oxygen atoms in total. The van der Waals surface area contributed by atoms with E-state index in [4.69, 9.17) is 5.11 Å². The first-order valence-electron chi connectivity index (χ1n) is 5.87. The van der Waals surface area contributed by atoms with Gasteiger partial charge in [0.1, 0.15) is 5.01 Å². The van der Waals surface area contributed by atoms with Gasteiger partial charge in [-0.2, -0.15) is 0 Å². The number of aromatic nitrogens is 1. The minimum absolute atomic E-state index is 0.118. The van der Waals surface area contributed by atoms with Crippen LogP contribution in [-0.2, 0) is 4.75 Å². The molecule has 1 saturated heterocycles. The van der Waals surface area contributed by atoms with E-state index in [-0.39, 0.29) is 4.75 Å². The van der Waals surface area contributed by atoms with Crippen LogP contribution in [0, 0.1) is 0 Å². The van der Waals surface area contributed by atoms with E-state index in [9.17, 15) is 4.79 Å². The number of benzene rings is 1. The molecule has 1 fully saturated rings. The highest BCUT2D eigenvalue weighted by Gasteiger charge is 2.34. The van der Waals surface area contributed by atoms with Crippen molar-refractivity contribution in [2.75, 3.05) is 5.75 Å². The Kier molecular flexibility index (Phi) is 2.83.